The van der Waals surface area contributed by atoms with Crippen molar-refractivity contribution < 1.29 is 14.3 Å². The Balaban J connectivity index is 2.02. The van der Waals surface area contributed by atoms with E-state index in [0.29, 0.717) is 28.3 Å². The molecule has 0 unspecified atom stereocenters. The summed E-state index contributed by atoms with van der Waals surface area (Å²) in [4.78, 5) is 16.2. The Hall–Kier alpha value is -3.08. The summed E-state index contributed by atoms with van der Waals surface area (Å²) in [6.07, 6.45) is 0. The molecule has 22 heavy (non-hydrogen) atoms. The van der Waals surface area contributed by atoms with Crippen molar-refractivity contribution >= 4 is 28.3 Å². The maximum Gasteiger partial charge on any atom is 0.246 e. The number of rotatable bonds is 1. The normalized spacial score (nSPS) is 14.2. The summed E-state index contributed by atoms with van der Waals surface area (Å²) < 4.78 is 5.88. The molecule has 1 aromatic heterocycles. The molecule has 0 saturated heterocycles. The first-order valence-corrected chi connectivity index (χ1v) is 6.88. The third-order valence-electron chi connectivity index (χ3n) is 3.61. The van der Waals surface area contributed by atoms with Crippen LogP contribution in [0.5, 0.6) is 5.75 Å². The lowest BCUT2D eigenvalue weighted by atomic mass is 10.1. The number of furan rings is 1. The largest absolute Gasteiger partial charge is 0.507 e. The monoisotopic (exact) mass is 292 g/mol. The second kappa shape index (κ2) is 4.73. The topological polar surface area (TPSA) is 74.8 Å². The maximum absolute atomic E-state index is 11.9. The van der Waals surface area contributed by atoms with Crippen LogP contribution < -0.4 is 5.32 Å². The zero-order chi connectivity index (χ0) is 15.1. The second-order valence-corrected chi connectivity index (χ2v) is 5.03. The number of nitrogens with one attached hydrogen (secondary N) is 1. The Morgan fingerprint density at radius 2 is 1.86 bits per heavy atom. The highest BCUT2D eigenvalue weighted by Gasteiger charge is 2.25. The average molecular weight is 292 g/mol. The second-order valence-electron chi connectivity index (χ2n) is 5.03. The van der Waals surface area contributed by atoms with Crippen LogP contribution in [0.2, 0.25) is 0 Å². The number of carbonyl (C=O) groups is 1. The number of hydrogen-bond donors (Lipinski definition) is 2. The van der Waals surface area contributed by atoms with Crippen molar-refractivity contribution in [1.82, 2.24) is 0 Å². The number of phenols is 1. The van der Waals surface area contributed by atoms with Gasteiger partial charge in [0.2, 0.25) is 5.91 Å². The Kier molecular flexibility index (Phi) is 2.72. The number of aliphatic imine (C=N–C) groups is 1. The van der Waals surface area contributed by atoms with Gasteiger partial charge in [-0.3, -0.25) is 9.79 Å². The lowest BCUT2D eigenvalue weighted by molar-refractivity contribution is -0.114. The Labute approximate surface area is 125 Å². The maximum atomic E-state index is 11.9. The lowest BCUT2D eigenvalue weighted by Crippen LogP contribution is -2.13. The SMILES string of the molecule is O=C1CN=C(c2ccccc2O)c2oc3ccccc3c2N1. The number of nitrogens with zero attached hydrogens (tertiary/aromatic N) is 1. The van der Waals surface area contributed by atoms with Gasteiger partial charge in [-0.25, -0.2) is 0 Å². The number of anilines is 1. The zero-order valence-electron chi connectivity index (χ0n) is 11.5. The molecule has 2 aromatic carbocycles. The summed E-state index contributed by atoms with van der Waals surface area (Å²) in [5.41, 5.74) is 2.28. The van der Waals surface area contributed by atoms with E-state index in [1.54, 1.807) is 24.3 Å². The van der Waals surface area contributed by atoms with Crippen molar-refractivity contribution in [2.45, 2.75) is 0 Å². The summed E-state index contributed by atoms with van der Waals surface area (Å²) in [5, 5.41) is 13.7. The van der Waals surface area contributed by atoms with Gasteiger partial charge in [0.15, 0.2) is 5.76 Å². The summed E-state index contributed by atoms with van der Waals surface area (Å²) in [7, 11) is 0. The van der Waals surface area contributed by atoms with Gasteiger partial charge in [0, 0.05) is 10.9 Å². The highest BCUT2D eigenvalue weighted by Crippen LogP contribution is 2.35. The first-order chi connectivity index (χ1) is 10.7. The van der Waals surface area contributed by atoms with E-state index in [1.807, 2.05) is 24.3 Å². The van der Waals surface area contributed by atoms with Crippen LogP contribution in [0.4, 0.5) is 5.69 Å². The fraction of sp³-hybridized carbons (Fsp3) is 0.0588. The number of phenolic OH excluding ortho intramolecular Hbond substituents is 1. The van der Waals surface area contributed by atoms with Crippen LogP contribution in [-0.2, 0) is 4.79 Å². The van der Waals surface area contributed by atoms with Crippen molar-refractivity contribution in [3.8, 4) is 5.75 Å². The zero-order valence-corrected chi connectivity index (χ0v) is 11.5. The molecule has 0 bridgehead atoms. The molecule has 0 atom stereocenters. The molecule has 1 amide bonds. The quantitative estimate of drug-likeness (QED) is 0.724. The van der Waals surface area contributed by atoms with Crippen molar-refractivity contribution in [2.75, 3.05) is 11.9 Å². The van der Waals surface area contributed by atoms with Crippen LogP contribution in [0.3, 0.4) is 0 Å². The minimum absolute atomic E-state index is 0.0117. The van der Waals surface area contributed by atoms with Crippen LogP contribution >= 0.6 is 0 Å². The number of hydrogen-bond acceptors (Lipinski definition) is 4. The highest BCUT2D eigenvalue weighted by molar-refractivity contribution is 6.22. The molecule has 3 aromatic rings. The summed E-state index contributed by atoms with van der Waals surface area (Å²) in [6, 6.07) is 14.3. The van der Waals surface area contributed by atoms with E-state index < -0.39 is 0 Å². The molecule has 0 aliphatic carbocycles. The minimum Gasteiger partial charge on any atom is -0.507 e. The molecule has 5 heteroatoms. The standard InChI is InChI=1S/C17H12N2O3/c20-12-7-3-1-5-10(12)15-17-16(19-14(21)9-18-15)11-6-2-4-8-13(11)22-17/h1-8,20H,9H2,(H,19,21). The highest BCUT2D eigenvalue weighted by atomic mass is 16.3. The van der Waals surface area contributed by atoms with Crippen LogP contribution in [0, 0.1) is 0 Å². The average Bonchev–Trinajstić information content (AvgIpc) is 2.79. The number of benzene rings is 2. The first kappa shape index (κ1) is 12.6. The minimum atomic E-state index is -0.210. The predicted octanol–water partition coefficient (Wildman–Crippen LogP) is 2.93. The van der Waals surface area contributed by atoms with Gasteiger partial charge in [-0.15, -0.1) is 0 Å². The molecular formula is C17H12N2O3. The van der Waals surface area contributed by atoms with Crippen molar-refractivity contribution in [2.24, 2.45) is 4.99 Å². The van der Waals surface area contributed by atoms with Gasteiger partial charge in [0.1, 0.15) is 23.6 Å². The molecule has 2 N–H and O–H groups in total. The molecule has 4 rings (SSSR count). The summed E-state index contributed by atoms with van der Waals surface area (Å²) in [5.74, 6) is 0.355. The van der Waals surface area contributed by atoms with Gasteiger partial charge in [-0.2, -0.15) is 0 Å². The molecule has 0 radical (unpaired) electrons. The molecular weight excluding hydrogens is 280 g/mol. The predicted molar refractivity (Wildman–Crippen MR) is 83.5 cm³/mol. The van der Waals surface area contributed by atoms with E-state index in [4.69, 9.17) is 4.42 Å². The van der Waals surface area contributed by atoms with E-state index in [9.17, 15) is 9.90 Å². The van der Waals surface area contributed by atoms with E-state index >= 15 is 0 Å². The molecule has 5 nitrogen and oxygen atoms in total. The van der Waals surface area contributed by atoms with Gasteiger partial charge < -0.3 is 14.8 Å². The van der Waals surface area contributed by atoms with E-state index in [1.165, 1.54) is 0 Å². The van der Waals surface area contributed by atoms with Crippen molar-refractivity contribution in [1.29, 1.82) is 0 Å². The molecule has 1 aliphatic heterocycles. The van der Waals surface area contributed by atoms with Crippen molar-refractivity contribution in [3.63, 3.8) is 0 Å². The Bertz CT molecular complexity index is 925. The molecule has 0 spiro atoms. The third kappa shape index (κ3) is 1.87. The lowest BCUT2D eigenvalue weighted by Gasteiger charge is -2.05. The van der Waals surface area contributed by atoms with E-state index in [-0.39, 0.29) is 18.2 Å². The van der Waals surface area contributed by atoms with Gasteiger partial charge in [-0.05, 0) is 24.3 Å². The van der Waals surface area contributed by atoms with Gasteiger partial charge in [0.05, 0.1) is 5.69 Å². The molecule has 0 fully saturated rings. The van der Waals surface area contributed by atoms with E-state index in [2.05, 4.69) is 10.3 Å². The third-order valence-corrected chi connectivity index (χ3v) is 3.61. The molecule has 0 saturated carbocycles. The molecule has 1 aliphatic rings. The first-order valence-electron chi connectivity index (χ1n) is 6.88. The van der Waals surface area contributed by atoms with Crippen LogP contribution in [-0.4, -0.2) is 23.3 Å². The molecule has 2 heterocycles. The fourth-order valence-corrected chi connectivity index (χ4v) is 2.62. The number of aromatic hydroxyl groups is 1. The fourth-order valence-electron chi connectivity index (χ4n) is 2.62. The Morgan fingerprint density at radius 1 is 1.09 bits per heavy atom. The van der Waals surface area contributed by atoms with Crippen LogP contribution in [0.25, 0.3) is 11.0 Å². The summed E-state index contributed by atoms with van der Waals surface area (Å²) >= 11 is 0. The van der Waals surface area contributed by atoms with Crippen LogP contribution in [0.15, 0.2) is 57.9 Å². The Morgan fingerprint density at radius 3 is 2.73 bits per heavy atom. The van der Waals surface area contributed by atoms with Crippen LogP contribution in [0.1, 0.15) is 11.3 Å². The number of amides is 1. The van der Waals surface area contributed by atoms with Gasteiger partial charge >= 0.3 is 0 Å². The van der Waals surface area contributed by atoms with Gasteiger partial charge in [0.25, 0.3) is 0 Å². The van der Waals surface area contributed by atoms with Gasteiger partial charge in [-0.1, -0.05) is 24.3 Å². The number of carbonyl (C=O) groups excluding carboxylic acids is 1. The smallest absolute Gasteiger partial charge is 0.246 e. The van der Waals surface area contributed by atoms with Crippen molar-refractivity contribution in [3.05, 3.63) is 59.9 Å². The summed E-state index contributed by atoms with van der Waals surface area (Å²) in [6.45, 7) is -0.0117. The number of para-hydroxylation sites is 2. The number of fused-ring (bicyclic) bond motifs is 3. The van der Waals surface area contributed by atoms with E-state index in [0.717, 1.165) is 5.39 Å². The molecule has 108 valence electrons.